The predicted molar refractivity (Wildman–Crippen MR) is 298 cm³/mol. The molecular weight excluding hydrogens is 957 g/mol. The molecule has 0 aliphatic carbocycles. The maximum Gasteiger partial charge on any atom is 0.306 e. The average molecular weight is 1070 g/mol. The summed E-state index contributed by atoms with van der Waals surface area (Å²) in [6.07, 6.45) is 41.7. The van der Waals surface area contributed by atoms with Gasteiger partial charge in [0.15, 0.2) is 12.6 Å². The number of unbranched alkanes of at least 4 members (excludes halogenated alkanes) is 27. The van der Waals surface area contributed by atoms with Crippen molar-refractivity contribution in [3.8, 4) is 0 Å². The van der Waals surface area contributed by atoms with E-state index in [2.05, 4.69) is 62.5 Å². The first-order chi connectivity index (χ1) is 36.6. The van der Waals surface area contributed by atoms with Crippen LogP contribution in [0.1, 0.15) is 232 Å². The van der Waals surface area contributed by atoms with Crippen LogP contribution in [0.2, 0.25) is 0 Å². The van der Waals surface area contributed by atoms with E-state index >= 15 is 0 Å². The molecular formula is C61H110O14. The lowest BCUT2D eigenvalue weighted by atomic mass is 9.98. The van der Waals surface area contributed by atoms with Crippen LogP contribution in [0, 0.1) is 0 Å². The quantitative estimate of drug-likeness (QED) is 0.0172. The van der Waals surface area contributed by atoms with Crippen molar-refractivity contribution in [3.63, 3.8) is 0 Å². The number of ether oxygens (including phenoxy) is 6. The van der Waals surface area contributed by atoms with Gasteiger partial charge in [0.25, 0.3) is 0 Å². The summed E-state index contributed by atoms with van der Waals surface area (Å²) in [6.45, 7) is 3.65. The molecule has 11 atom stereocenters. The zero-order valence-electron chi connectivity index (χ0n) is 47.0. The lowest BCUT2D eigenvalue weighted by Crippen LogP contribution is -2.61. The number of carbonyl (C=O) groups is 1. The maximum absolute atomic E-state index is 13.1. The van der Waals surface area contributed by atoms with Crippen LogP contribution in [0.4, 0.5) is 0 Å². The van der Waals surface area contributed by atoms with Gasteiger partial charge in [0.05, 0.1) is 26.4 Å². The van der Waals surface area contributed by atoms with Gasteiger partial charge in [0.2, 0.25) is 0 Å². The monoisotopic (exact) mass is 1070 g/mol. The highest BCUT2D eigenvalue weighted by atomic mass is 16.7. The van der Waals surface area contributed by atoms with Gasteiger partial charge in [-0.25, -0.2) is 0 Å². The maximum atomic E-state index is 13.1. The summed E-state index contributed by atoms with van der Waals surface area (Å²) in [5.74, 6) is -0.379. The van der Waals surface area contributed by atoms with E-state index in [1.807, 2.05) is 0 Å². The zero-order chi connectivity index (χ0) is 54.4. The molecule has 0 amide bonds. The number of aliphatic hydroxyl groups excluding tert-OH is 7. The standard InChI is InChI=1S/C61H110O14/c1-3-5-7-9-11-13-15-17-19-21-22-23-24-25-26-27-28-29-30-32-34-36-38-40-42-44-53(63)73-50(47-70-45-43-41-39-37-35-33-31-20-18-16-14-12-10-8-6-4-2)48-71-60-59(69)57(67)55(65)52(75-60)49-72-61-58(68)56(66)54(64)51(46-62)74-61/h12,14-15,17-18,20-22,50-52,54-62,64-69H,3-11,13,16,19,23-49H2,1-2H3/b14-12-,17-15-,20-18-,22-21-. The van der Waals surface area contributed by atoms with Crippen molar-refractivity contribution in [1.29, 1.82) is 0 Å². The van der Waals surface area contributed by atoms with Crippen LogP contribution < -0.4 is 0 Å². The third-order valence-corrected chi connectivity index (χ3v) is 14.3. The summed E-state index contributed by atoms with van der Waals surface area (Å²) in [4.78, 5) is 13.1. The van der Waals surface area contributed by atoms with Crippen molar-refractivity contribution < 1.29 is 69.0 Å². The van der Waals surface area contributed by atoms with Crippen molar-refractivity contribution in [2.75, 3.05) is 33.0 Å². The molecule has 14 nitrogen and oxygen atoms in total. The van der Waals surface area contributed by atoms with E-state index in [4.69, 9.17) is 28.4 Å². The number of hydrogen-bond acceptors (Lipinski definition) is 14. The molecule has 14 heteroatoms. The van der Waals surface area contributed by atoms with Gasteiger partial charge < -0.3 is 64.2 Å². The number of allylic oxidation sites excluding steroid dienone is 8. The smallest absolute Gasteiger partial charge is 0.306 e. The highest BCUT2D eigenvalue weighted by molar-refractivity contribution is 5.69. The summed E-state index contributed by atoms with van der Waals surface area (Å²) in [7, 11) is 0. The molecule has 11 unspecified atom stereocenters. The molecule has 0 radical (unpaired) electrons. The Morgan fingerprint density at radius 3 is 1.31 bits per heavy atom. The number of rotatable bonds is 49. The Hall–Kier alpha value is -2.05. The second-order valence-electron chi connectivity index (χ2n) is 21.2. The molecule has 7 N–H and O–H groups in total. The van der Waals surface area contributed by atoms with Gasteiger partial charge in [0.1, 0.15) is 54.9 Å². The van der Waals surface area contributed by atoms with Gasteiger partial charge in [-0.1, -0.05) is 197 Å². The first-order valence-corrected chi connectivity index (χ1v) is 30.2. The van der Waals surface area contributed by atoms with Crippen LogP contribution in [0.25, 0.3) is 0 Å². The first-order valence-electron chi connectivity index (χ1n) is 30.2. The van der Waals surface area contributed by atoms with Gasteiger partial charge in [-0.05, 0) is 77.0 Å². The third kappa shape index (κ3) is 34.5. The van der Waals surface area contributed by atoms with Crippen LogP contribution in [0.5, 0.6) is 0 Å². The predicted octanol–water partition coefficient (Wildman–Crippen LogP) is 11.1. The Kier molecular flexibility index (Phi) is 44.1. The van der Waals surface area contributed by atoms with Crippen molar-refractivity contribution in [2.45, 2.75) is 300 Å². The molecule has 2 saturated heterocycles. The van der Waals surface area contributed by atoms with Crippen LogP contribution in [0.15, 0.2) is 48.6 Å². The van der Waals surface area contributed by atoms with Gasteiger partial charge in [-0.2, -0.15) is 0 Å². The topological polar surface area (TPSA) is 214 Å². The minimum atomic E-state index is -1.71. The second kappa shape index (κ2) is 47.9. The highest BCUT2D eigenvalue weighted by Crippen LogP contribution is 2.27. The van der Waals surface area contributed by atoms with Crippen molar-refractivity contribution in [1.82, 2.24) is 0 Å². The van der Waals surface area contributed by atoms with Gasteiger partial charge in [0, 0.05) is 13.0 Å². The van der Waals surface area contributed by atoms with Crippen LogP contribution in [-0.4, -0.2) is 142 Å². The molecule has 2 heterocycles. The summed E-state index contributed by atoms with van der Waals surface area (Å²) < 4.78 is 34.4. The molecule has 0 spiro atoms. The molecule has 0 saturated carbocycles. The Morgan fingerprint density at radius 1 is 0.440 bits per heavy atom. The molecule has 2 fully saturated rings. The Morgan fingerprint density at radius 2 is 0.827 bits per heavy atom. The zero-order valence-corrected chi connectivity index (χ0v) is 47.0. The third-order valence-electron chi connectivity index (χ3n) is 14.3. The van der Waals surface area contributed by atoms with E-state index in [1.54, 1.807) is 0 Å². The number of aliphatic hydroxyl groups is 7. The number of carbonyl (C=O) groups excluding carboxylic acids is 1. The van der Waals surface area contributed by atoms with E-state index in [-0.39, 0.29) is 25.6 Å². The van der Waals surface area contributed by atoms with E-state index in [0.29, 0.717) is 13.0 Å². The average Bonchev–Trinajstić information content (AvgIpc) is 3.41. The Balaban J connectivity index is 1.68. The molecule has 75 heavy (non-hydrogen) atoms. The summed E-state index contributed by atoms with van der Waals surface area (Å²) in [6, 6.07) is 0. The SMILES string of the molecule is CCCCC/C=C\C/C=C\CCCCCCCCOCC(COC1OC(COC2OC(CO)C(O)C(O)C2O)C(O)C(O)C1O)OC(=O)CCCCCCCCCCCCCCC/C=C\C/C=C\CCCCCCC. The second-order valence-corrected chi connectivity index (χ2v) is 21.2. The van der Waals surface area contributed by atoms with E-state index in [9.17, 15) is 40.5 Å². The Labute approximate surface area is 454 Å². The molecule has 0 aromatic rings. The molecule has 2 rings (SSSR count). The number of hydrogen-bond donors (Lipinski definition) is 7. The minimum Gasteiger partial charge on any atom is -0.457 e. The fourth-order valence-electron chi connectivity index (χ4n) is 9.41. The fraction of sp³-hybridized carbons (Fsp3) is 0.852. The molecule has 438 valence electrons. The lowest BCUT2D eigenvalue weighted by Gasteiger charge is -2.42. The van der Waals surface area contributed by atoms with Gasteiger partial charge in [-0.15, -0.1) is 0 Å². The highest BCUT2D eigenvalue weighted by Gasteiger charge is 2.47. The lowest BCUT2D eigenvalue weighted by molar-refractivity contribution is -0.332. The normalized spacial score (nSPS) is 24.9. The first kappa shape index (κ1) is 69.1. The van der Waals surface area contributed by atoms with Crippen LogP contribution >= 0.6 is 0 Å². The summed E-state index contributed by atoms with van der Waals surface area (Å²) in [5, 5.41) is 72.4. The van der Waals surface area contributed by atoms with Gasteiger partial charge >= 0.3 is 5.97 Å². The molecule has 0 aromatic heterocycles. The largest absolute Gasteiger partial charge is 0.457 e. The fourth-order valence-corrected chi connectivity index (χ4v) is 9.41. The summed E-state index contributed by atoms with van der Waals surface area (Å²) >= 11 is 0. The van der Waals surface area contributed by atoms with Gasteiger partial charge in [-0.3, -0.25) is 4.79 Å². The van der Waals surface area contributed by atoms with E-state index in [1.165, 1.54) is 141 Å². The number of esters is 1. The Bertz CT molecular complexity index is 1420. The molecule has 0 aromatic carbocycles. The molecule has 2 aliphatic rings. The molecule has 0 bridgehead atoms. The summed E-state index contributed by atoms with van der Waals surface area (Å²) in [5.41, 5.74) is 0. The molecule has 2 aliphatic heterocycles. The van der Waals surface area contributed by atoms with Crippen molar-refractivity contribution >= 4 is 5.97 Å². The van der Waals surface area contributed by atoms with Crippen LogP contribution in [0.3, 0.4) is 0 Å². The van der Waals surface area contributed by atoms with E-state index in [0.717, 1.165) is 64.2 Å². The minimum absolute atomic E-state index is 0.0545. The van der Waals surface area contributed by atoms with Crippen molar-refractivity contribution in [2.24, 2.45) is 0 Å². The van der Waals surface area contributed by atoms with E-state index < -0.39 is 80.7 Å². The van der Waals surface area contributed by atoms with Crippen LogP contribution in [-0.2, 0) is 33.2 Å². The van der Waals surface area contributed by atoms with Crippen molar-refractivity contribution in [3.05, 3.63) is 48.6 Å².